The van der Waals surface area contributed by atoms with Crippen LogP contribution in [-0.2, 0) is 6.54 Å². The van der Waals surface area contributed by atoms with E-state index < -0.39 is 11.2 Å². The fourth-order valence-electron chi connectivity index (χ4n) is 3.62. The molecule has 2 heterocycles. The molecule has 0 bridgehead atoms. The molecule has 142 valence electrons. The molecule has 28 heavy (non-hydrogen) atoms. The van der Waals surface area contributed by atoms with Gasteiger partial charge < -0.3 is 4.90 Å². The molecular formula is C21H20N4O3. The number of benzene rings is 1. The van der Waals surface area contributed by atoms with Crippen LogP contribution in [0.25, 0.3) is 11.0 Å². The molecule has 3 aromatic rings. The highest BCUT2D eigenvalue weighted by atomic mass is 16.2. The van der Waals surface area contributed by atoms with E-state index in [1.807, 2.05) is 35.2 Å². The number of carbonyl (C=O) groups excluding carboxylic acids is 1. The van der Waals surface area contributed by atoms with E-state index in [-0.39, 0.29) is 23.4 Å². The Hall–Kier alpha value is -3.22. The lowest BCUT2D eigenvalue weighted by Crippen LogP contribution is -2.33. The summed E-state index contributed by atoms with van der Waals surface area (Å²) < 4.78 is 1.54. The first-order chi connectivity index (χ1) is 13.6. The third kappa shape index (κ3) is 3.02. The van der Waals surface area contributed by atoms with Crippen LogP contribution in [0.1, 0.15) is 47.6 Å². The van der Waals surface area contributed by atoms with Crippen molar-refractivity contribution in [2.75, 3.05) is 0 Å². The van der Waals surface area contributed by atoms with Gasteiger partial charge in [-0.2, -0.15) is 0 Å². The molecule has 1 amide bonds. The van der Waals surface area contributed by atoms with Crippen molar-refractivity contribution >= 4 is 16.9 Å². The van der Waals surface area contributed by atoms with Gasteiger partial charge in [0.05, 0.1) is 10.9 Å². The molecule has 2 saturated carbocycles. The summed E-state index contributed by atoms with van der Waals surface area (Å²) >= 11 is 0. The van der Waals surface area contributed by atoms with Gasteiger partial charge in [-0.3, -0.25) is 19.1 Å². The average molecular weight is 376 g/mol. The monoisotopic (exact) mass is 376 g/mol. The van der Waals surface area contributed by atoms with Gasteiger partial charge in [0.2, 0.25) is 0 Å². The number of pyridine rings is 1. The number of H-pyrrole nitrogens is 1. The van der Waals surface area contributed by atoms with Crippen molar-refractivity contribution in [3.05, 3.63) is 74.6 Å². The van der Waals surface area contributed by atoms with E-state index in [1.165, 1.54) is 10.8 Å². The molecule has 2 aromatic heterocycles. The highest BCUT2D eigenvalue weighted by Gasteiger charge is 2.34. The minimum absolute atomic E-state index is 0.0851. The van der Waals surface area contributed by atoms with Crippen molar-refractivity contribution in [3.63, 3.8) is 0 Å². The number of hydrogen-bond acceptors (Lipinski definition) is 4. The van der Waals surface area contributed by atoms with E-state index in [1.54, 1.807) is 6.07 Å². The molecule has 0 aliphatic heterocycles. The fourth-order valence-corrected chi connectivity index (χ4v) is 3.62. The Morgan fingerprint density at radius 2 is 1.89 bits per heavy atom. The molecule has 0 atom stereocenters. The summed E-state index contributed by atoms with van der Waals surface area (Å²) in [6.45, 7) is 0.528. The summed E-state index contributed by atoms with van der Waals surface area (Å²) in [5.74, 6) is -0.135. The summed E-state index contributed by atoms with van der Waals surface area (Å²) in [5.41, 5.74) is 0.864. The third-order valence-corrected chi connectivity index (χ3v) is 5.38. The highest BCUT2D eigenvalue weighted by Crippen LogP contribution is 2.35. The van der Waals surface area contributed by atoms with Crippen molar-refractivity contribution in [2.45, 2.75) is 44.3 Å². The maximum Gasteiger partial charge on any atom is 0.330 e. The van der Waals surface area contributed by atoms with E-state index in [4.69, 9.17) is 0 Å². The molecule has 7 nitrogen and oxygen atoms in total. The molecule has 7 heteroatoms. The lowest BCUT2D eigenvalue weighted by Gasteiger charge is -2.22. The Kier molecular flexibility index (Phi) is 3.89. The first-order valence-electron chi connectivity index (χ1n) is 9.61. The van der Waals surface area contributed by atoms with Crippen LogP contribution in [-0.4, -0.2) is 31.4 Å². The summed E-state index contributed by atoms with van der Waals surface area (Å²) in [6.07, 6.45) is 5.26. The lowest BCUT2D eigenvalue weighted by molar-refractivity contribution is 0.0729. The maximum absolute atomic E-state index is 13.2. The Morgan fingerprint density at radius 1 is 1.14 bits per heavy atom. The van der Waals surface area contributed by atoms with Crippen LogP contribution in [0.4, 0.5) is 0 Å². The molecule has 1 aromatic carbocycles. The Balaban J connectivity index is 1.53. The van der Waals surface area contributed by atoms with Gasteiger partial charge in [0, 0.05) is 24.8 Å². The molecular weight excluding hydrogens is 356 g/mol. The first-order valence-corrected chi connectivity index (χ1v) is 9.61. The molecule has 0 saturated heterocycles. The van der Waals surface area contributed by atoms with Gasteiger partial charge in [0.25, 0.3) is 11.5 Å². The molecule has 2 aliphatic rings. The van der Waals surface area contributed by atoms with Crippen LogP contribution in [0.15, 0.2) is 52.2 Å². The zero-order valence-corrected chi connectivity index (χ0v) is 15.3. The fraction of sp³-hybridized carbons (Fsp3) is 0.333. The maximum atomic E-state index is 13.2. The Morgan fingerprint density at radius 3 is 2.57 bits per heavy atom. The number of nitrogens with one attached hydrogen (secondary N) is 1. The number of carbonyl (C=O) groups is 1. The van der Waals surface area contributed by atoms with Crippen molar-refractivity contribution in [2.24, 2.45) is 0 Å². The van der Waals surface area contributed by atoms with Crippen molar-refractivity contribution < 1.29 is 4.79 Å². The summed E-state index contributed by atoms with van der Waals surface area (Å²) in [4.78, 5) is 46.2. The molecule has 2 fully saturated rings. The van der Waals surface area contributed by atoms with Gasteiger partial charge in [-0.15, -0.1) is 0 Å². The Bertz CT molecular complexity index is 1170. The smallest absolute Gasteiger partial charge is 0.330 e. The lowest BCUT2D eigenvalue weighted by atomic mass is 10.1. The summed E-state index contributed by atoms with van der Waals surface area (Å²) in [7, 11) is 0. The molecule has 0 unspecified atom stereocenters. The van der Waals surface area contributed by atoms with Gasteiger partial charge >= 0.3 is 5.69 Å². The first kappa shape index (κ1) is 16.9. The number of nitrogens with zero attached hydrogens (tertiary/aromatic N) is 3. The second kappa shape index (κ2) is 6.44. The third-order valence-electron chi connectivity index (χ3n) is 5.38. The largest absolute Gasteiger partial charge is 0.331 e. The molecule has 0 radical (unpaired) electrons. The Labute approximate surface area is 160 Å². The van der Waals surface area contributed by atoms with Crippen LogP contribution in [0, 0.1) is 0 Å². The van der Waals surface area contributed by atoms with E-state index in [9.17, 15) is 14.4 Å². The molecule has 5 rings (SSSR count). The van der Waals surface area contributed by atoms with Crippen LogP contribution in [0.5, 0.6) is 0 Å². The SMILES string of the molecule is O=C(c1cnc2c(c1)c(=O)[nH]c(=O)n2C1CC1)N(Cc1ccccc1)C1CC1. The van der Waals surface area contributed by atoms with Crippen LogP contribution in [0.3, 0.4) is 0 Å². The van der Waals surface area contributed by atoms with Crippen LogP contribution in [0.2, 0.25) is 0 Å². The number of fused-ring (bicyclic) bond motifs is 1. The predicted octanol–water partition coefficient (Wildman–Crippen LogP) is 2.22. The quantitative estimate of drug-likeness (QED) is 0.740. The number of rotatable bonds is 5. The summed E-state index contributed by atoms with van der Waals surface area (Å²) in [5, 5.41) is 0.285. The minimum atomic E-state index is -0.500. The van der Waals surface area contributed by atoms with Crippen LogP contribution < -0.4 is 11.2 Å². The molecule has 2 aliphatic carbocycles. The normalized spacial score (nSPS) is 16.3. The van der Waals surface area contributed by atoms with Gasteiger partial charge in [0.1, 0.15) is 5.65 Å². The van der Waals surface area contributed by atoms with Gasteiger partial charge in [-0.25, -0.2) is 9.78 Å². The van der Waals surface area contributed by atoms with E-state index in [0.29, 0.717) is 17.8 Å². The van der Waals surface area contributed by atoms with Crippen molar-refractivity contribution in [1.29, 1.82) is 0 Å². The number of hydrogen-bond donors (Lipinski definition) is 1. The van der Waals surface area contributed by atoms with Gasteiger partial charge in [-0.1, -0.05) is 30.3 Å². The van der Waals surface area contributed by atoms with E-state index in [0.717, 1.165) is 31.2 Å². The number of amides is 1. The standard InChI is InChI=1S/C21H20N4O3/c26-19-17-10-14(11-22-18(17)25(16-8-9-16)21(28)23-19)20(27)24(15-6-7-15)12-13-4-2-1-3-5-13/h1-5,10-11,15-16H,6-9,12H2,(H,23,26,28). The van der Waals surface area contributed by atoms with Gasteiger partial charge in [-0.05, 0) is 37.3 Å². The number of aromatic nitrogens is 3. The molecule has 0 spiro atoms. The van der Waals surface area contributed by atoms with Gasteiger partial charge in [0.15, 0.2) is 0 Å². The van der Waals surface area contributed by atoms with Crippen LogP contribution >= 0.6 is 0 Å². The summed E-state index contributed by atoms with van der Waals surface area (Å²) in [6, 6.07) is 11.7. The minimum Gasteiger partial charge on any atom is -0.331 e. The predicted molar refractivity (Wildman–Crippen MR) is 104 cm³/mol. The zero-order valence-electron chi connectivity index (χ0n) is 15.3. The van der Waals surface area contributed by atoms with E-state index in [2.05, 4.69) is 9.97 Å². The topological polar surface area (TPSA) is 88.1 Å². The molecule has 1 N–H and O–H groups in total. The van der Waals surface area contributed by atoms with Crippen molar-refractivity contribution in [3.8, 4) is 0 Å². The highest BCUT2D eigenvalue weighted by molar-refractivity contribution is 5.97. The number of aromatic amines is 1. The zero-order chi connectivity index (χ0) is 19.3. The second-order valence-electron chi connectivity index (χ2n) is 7.61. The van der Waals surface area contributed by atoms with Crippen molar-refractivity contribution in [1.82, 2.24) is 19.4 Å². The van der Waals surface area contributed by atoms with E-state index >= 15 is 0 Å². The average Bonchev–Trinajstić information content (AvgIpc) is 3.60. The second-order valence-corrected chi connectivity index (χ2v) is 7.61.